The first-order valence-corrected chi connectivity index (χ1v) is 6.43. The minimum Gasteiger partial charge on any atom is -0.466 e. The van der Waals surface area contributed by atoms with Gasteiger partial charge in [-0.2, -0.15) is 0 Å². The van der Waals surface area contributed by atoms with Gasteiger partial charge in [0.2, 0.25) is 0 Å². The molecule has 1 fully saturated rings. The molecule has 6 heteroatoms. The van der Waals surface area contributed by atoms with Gasteiger partial charge in [-0.05, 0) is 19.8 Å². The van der Waals surface area contributed by atoms with E-state index in [1.54, 1.807) is 11.8 Å². The second-order valence-corrected chi connectivity index (χ2v) is 4.47. The van der Waals surface area contributed by atoms with Crippen LogP contribution in [-0.4, -0.2) is 46.4 Å². The van der Waals surface area contributed by atoms with E-state index in [0.29, 0.717) is 25.3 Å². The molecule has 0 saturated carbocycles. The molecule has 0 aliphatic carbocycles. The summed E-state index contributed by atoms with van der Waals surface area (Å²) in [6.07, 6.45) is 5.94. The maximum Gasteiger partial charge on any atom is 0.310 e. The fourth-order valence-corrected chi connectivity index (χ4v) is 2.21. The van der Waals surface area contributed by atoms with E-state index in [0.717, 1.165) is 12.8 Å². The Hall–Kier alpha value is -1.98. The minimum absolute atomic E-state index is 0.130. The summed E-state index contributed by atoms with van der Waals surface area (Å²) in [6, 6.07) is 0. The zero-order chi connectivity index (χ0) is 13.7. The molecule has 0 aromatic carbocycles. The van der Waals surface area contributed by atoms with Crippen LogP contribution in [0.4, 0.5) is 0 Å². The summed E-state index contributed by atoms with van der Waals surface area (Å²) >= 11 is 0. The molecule has 1 aliphatic heterocycles. The second-order valence-electron chi connectivity index (χ2n) is 4.47. The lowest BCUT2D eigenvalue weighted by Gasteiger charge is -2.31. The van der Waals surface area contributed by atoms with Crippen molar-refractivity contribution in [1.82, 2.24) is 14.9 Å². The van der Waals surface area contributed by atoms with Crippen molar-refractivity contribution in [2.24, 2.45) is 5.92 Å². The van der Waals surface area contributed by atoms with Crippen LogP contribution in [-0.2, 0) is 9.53 Å². The molecule has 1 aliphatic rings. The van der Waals surface area contributed by atoms with E-state index < -0.39 is 0 Å². The molecule has 19 heavy (non-hydrogen) atoms. The van der Waals surface area contributed by atoms with Crippen molar-refractivity contribution in [3.05, 3.63) is 24.3 Å². The van der Waals surface area contributed by atoms with E-state index in [2.05, 4.69) is 9.97 Å². The lowest BCUT2D eigenvalue weighted by molar-refractivity contribution is -0.149. The van der Waals surface area contributed by atoms with E-state index in [1.165, 1.54) is 18.7 Å². The average Bonchev–Trinajstić information content (AvgIpc) is 2.48. The molecule has 6 nitrogen and oxygen atoms in total. The number of hydrogen-bond donors (Lipinski definition) is 0. The molecule has 0 bridgehead atoms. The summed E-state index contributed by atoms with van der Waals surface area (Å²) in [5.41, 5.74) is 0.451. The molecule has 1 unspecified atom stereocenters. The molecule has 1 aromatic rings. The zero-order valence-corrected chi connectivity index (χ0v) is 10.9. The number of likely N-dealkylation sites (tertiary alicyclic amines) is 1. The number of piperidine rings is 1. The quantitative estimate of drug-likeness (QED) is 0.757. The monoisotopic (exact) mass is 263 g/mol. The Labute approximate surface area is 111 Å². The van der Waals surface area contributed by atoms with Gasteiger partial charge in [0.1, 0.15) is 6.33 Å². The lowest BCUT2D eigenvalue weighted by atomic mass is 9.98. The lowest BCUT2D eigenvalue weighted by Crippen LogP contribution is -2.42. The Bertz CT molecular complexity index is 450. The first-order chi connectivity index (χ1) is 9.22. The number of carbonyl (C=O) groups excluding carboxylic acids is 2. The molecule has 1 atom stereocenters. The molecule has 1 amide bonds. The highest BCUT2D eigenvalue weighted by molar-refractivity contribution is 5.94. The highest BCUT2D eigenvalue weighted by atomic mass is 16.5. The van der Waals surface area contributed by atoms with Crippen LogP contribution in [0.3, 0.4) is 0 Å². The Morgan fingerprint density at radius 2 is 2.16 bits per heavy atom. The fourth-order valence-electron chi connectivity index (χ4n) is 2.21. The first-order valence-electron chi connectivity index (χ1n) is 6.43. The van der Waals surface area contributed by atoms with Crippen LogP contribution in [0.2, 0.25) is 0 Å². The van der Waals surface area contributed by atoms with E-state index in [9.17, 15) is 9.59 Å². The van der Waals surface area contributed by atoms with Crippen LogP contribution >= 0.6 is 0 Å². The van der Waals surface area contributed by atoms with Crippen LogP contribution in [0.25, 0.3) is 0 Å². The van der Waals surface area contributed by atoms with E-state index >= 15 is 0 Å². The van der Waals surface area contributed by atoms with Crippen molar-refractivity contribution >= 4 is 11.9 Å². The minimum atomic E-state index is -0.220. The number of amides is 1. The van der Waals surface area contributed by atoms with E-state index in [1.807, 2.05) is 0 Å². The second kappa shape index (κ2) is 6.26. The van der Waals surface area contributed by atoms with Crippen molar-refractivity contribution in [1.29, 1.82) is 0 Å². The van der Waals surface area contributed by atoms with Crippen molar-refractivity contribution in [3.8, 4) is 0 Å². The van der Waals surface area contributed by atoms with Gasteiger partial charge in [0.05, 0.1) is 18.1 Å². The smallest absolute Gasteiger partial charge is 0.310 e. The maximum absolute atomic E-state index is 12.2. The van der Waals surface area contributed by atoms with Crippen molar-refractivity contribution in [2.75, 3.05) is 19.7 Å². The third kappa shape index (κ3) is 3.27. The van der Waals surface area contributed by atoms with E-state index in [-0.39, 0.29) is 17.8 Å². The van der Waals surface area contributed by atoms with Crippen LogP contribution in [0, 0.1) is 5.92 Å². The number of hydrogen-bond acceptors (Lipinski definition) is 5. The molecule has 0 N–H and O–H groups in total. The Morgan fingerprint density at radius 3 is 2.84 bits per heavy atom. The third-order valence-corrected chi connectivity index (χ3v) is 3.14. The largest absolute Gasteiger partial charge is 0.466 e. The van der Waals surface area contributed by atoms with Gasteiger partial charge < -0.3 is 9.64 Å². The molecular weight excluding hydrogens is 246 g/mol. The summed E-state index contributed by atoms with van der Waals surface area (Å²) in [7, 11) is 0. The summed E-state index contributed by atoms with van der Waals surface area (Å²) in [4.78, 5) is 33.3. The molecule has 0 radical (unpaired) electrons. The van der Waals surface area contributed by atoms with Crippen LogP contribution in [0.15, 0.2) is 18.7 Å². The number of carbonyl (C=O) groups is 2. The molecule has 2 heterocycles. The van der Waals surface area contributed by atoms with Crippen molar-refractivity contribution < 1.29 is 14.3 Å². The van der Waals surface area contributed by atoms with E-state index in [4.69, 9.17) is 4.74 Å². The molecule has 1 saturated heterocycles. The topological polar surface area (TPSA) is 72.4 Å². The Kier molecular flexibility index (Phi) is 4.43. The van der Waals surface area contributed by atoms with Gasteiger partial charge in [0.15, 0.2) is 0 Å². The van der Waals surface area contributed by atoms with Gasteiger partial charge in [-0.3, -0.25) is 9.59 Å². The predicted octanol–water partition coefficient (Wildman–Crippen LogP) is 0.892. The summed E-state index contributed by atoms with van der Waals surface area (Å²) in [5, 5.41) is 0. The Balaban J connectivity index is 2.01. The molecule has 2 rings (SSSR count). The van der Waals surface area contributed by atoms with Crippen molar-refractivity contribution in [3.63, 3.8) is 0 Å². The number of ether oxygens (including phenoxy) is 1. The number of nitrogens with zero attached hydrogens (tertiary/aromatic N) is 3. The fraction of sp³-hybridized carbons (Fsp3) is 0.538. The normalized spacial score (nSPS) is 19.0. The number of aromatic nitrogens is 2. The molecule has 102 valence electrons. The summed E-state index contributed by atoms with van der Waals surface area (Å²) in [6.45, 7) is 3.22. The molecule has 1 aromatic heterocycles. The SMILES string of the molecule is CCOC(=O)C1CCCN(C(=O)c2cncnc2)C1. The average molecular weight is 263 g/mol. The highest BCUT2D eigenvalue weighted by Gasteiger charge is 2.29. The van der Waals surface area contributed by atoms with Gasteiger partial charge in [0, 0.05) is 25.5 Å². The van der Waals surface area contributed by atoms with Crippen LogP contribution < -0.4 is 0 Å². The highest BCUT2D eigenvalue weighted by Crippen LogP contribution is 2.19. The standard InChI is InChI=1S/C13H17N3O3/c1-2-19-13(18)10-4-3-5-16(8-10)12(17)11-6-14-9-15-7-11/h6-7,9-10H,2-5,8H2,1H3. The van der Waals surface area contributed by atoms with Crippen LogP contribution in [0.1, 0.15) is 30.1 Å². The number of rotatable bonds is 3. The zero-order valence-electron chi connectivity index (χ0n) is 10.9. The van der Waals surface area contributed by atoms with Gasteiger partial charge in [-0.1, -0.05) is 0 Å². The van der Waals surface area contributed by atoms with Gasteiger partial charge >= 0.3 is 5.97 Å². The summed E-state index contributed by atoms with van der Waals surface area (Å²) < 4.78 is 5.01. The van der Waals surface area contributed by atoms with Gasteiger partial charge in [-0.25, -0.2) is 9.97 Å². The maximum atomic E-state index is 12.2. The van der Waals surface area contributed by atoms with Gasteiger partial charge in [0.25, 0.3) is 5.91 Å². The Morgan fingerprint density at radius 1 is 1.42 bits per heavy atom. The van der Waals surface area contributed by atoms with Gasteiger partial charge in [-0.15, -0.1) is 0 Å². The molecule has 0 spiro atoms. The third-order valence-electron chi connectivity index (χ3n) is 3.14. The van der Waals surface area contributed by atoms with Crippen LogP contribution in [0.5, 0.6) is 0 Å². The number of esters is 1. The van der Waals surface area contributed by atoms with Crippen molar-refractivity contribution in [2.45, 2.75) is 19.8 Å². The predicted molar refractivity (Wildman–Crippen MR) is 67.3 cm³/mol. The molecular formula is C13H17N3O3. The summed E-state index contributed by atoms with van der Waals surface area (Å²) in [5.74, 6) is -0.568. The first kappa shape index (κ1) is 13.5.